The average Bonchev–Trinajstić information content (AvgIpc) is 3.00. The standard InChI is InChI=1S/C36H39Cl2N3O5S/c1-25-14-16-32(17-15-25)47(44,45)41(30-21-28(37)20-29(38)22-30)24-34(42)40(23-27-12-9-13-31(18-27)46-5)33(35(43)39-36(2,3)4)19-26-10-7-6-8-11-26/h6-18,20-22,33H,19,23-24H2,1-5H3,(H,39,43). The number of aryl methyl sites for hydroxylation is 1. The Kier molecular flexibility index (Phi) is 11.6. The van der Waals surface area contributed by atoms with Gasteiger partial charge in [0.05, 0.1) is 17.7 Å². The summed E-state index contributed by atoms with van der Waals surface area (Å²) < 4.78 is 34.8. The van der Waals surface area contributed by atoms with Crippen molar-refractivity contribution >= 4 is 50.7 Å². The molecule has 0 fully saturated rings. The average molecular weight is 697 g/mol. The highest BCUT2D eigenvalue weighted by Gasteiger charge is 2.36. The van der Waals surface area contributed by atoms with Crippen LogP contribution in [0.25, 0.3) is 0 Å². The van der Waals surface area contributed by atoms with Crippen LogP contribution in [-0.4, -0.2) is 50.4 Å². The fourth-order valence-electron chi connectivity index (χ4n) is 5.02. The number of rotatable bonds is 12. The molecule has 0 saturated carbocycles. The smallest absolute Gasteiger partial charge is 0.264 e. The molecule has 0 heterocycles. The summed E-state index contributed by atoms with van der Waals surface area (Å²) >= 11 is 12.6. The molecule has 1 N–H and O–H groups in total. The number of halogens is 2. The predicted molar refractivity (Wildman–Crippen MR) is 188 cm³/mol. The summed E-state index contributed by atoms with van der Waals surface area (Å²) in [4.78, 5) is 30.1. The summed E-state index contributed by atoms with van der Waals surface area (Å²) in [5.41, 5.74) is 1.90. The van der Waals surface area contributed by atoms with Crippen molar-refractivity contribution in [2.75, 3.05) is 18.0 Å². The quantitative estimate of drug-likeness (QED) is 0.171. The van der Waals surface area contributed by atoms with Gasteiger partial charge >= 0.3 is 0 Å². The van der Waals surface area contributed by atoms with Gasteiger partial charge in [0.1, 0.15) is 18.3 Å². The van der Waals surface area contributed by atoms with Crippen LogP contribution in [0.3, 0.4) is 0 Å². The van der Waals surface area contributed by atoms with E-state index >= 15 is 0 Å². The summed E-state index contributed by atoms with van der Waals surface area (Å²) in [6.07, 6.45) is 0.187. The molecule has 0 aliphatic rings. The fraction of sp³-hybridized carbons (Fsp3) is 0.278. The molecule has 47 heavy (non-hydrogen) atoms. The van der Waals surface area contributed by atoms with Gasteiger partial charge in [0.15, 0.2) is 0 Å². The van der Waals surface area contributed by atoms with Crippen LogP contribution >= 0.6 is 23.2 Å². The molecule has 0 saturated heterocycles. The lowest BCUT2D eigenvalue weighted by atomic mass is 10.0. The van der Waals surface area contributed by atoms with Crippen LogP contribution in [0.15, 0.2) is 102 Å². The molecule has 0 spiro atoms. The van der Waals surface area contributed by atoms with Crippen molar-refractivity contribution in [1.29, 1.82) is 0 Å². The summed E-state index contributed by atoms with van der Waals surface area (Å²) in [6.45, 7) is 6.79. The number of hydrogen-bond donors (Lipinski definition) is 1. The van der Waals surface area contributed by atoms with Crippen molar-refractivity contribution in [3.8, 4) is 5.75 Å². The van der Waals surface area contributed by atoms with E-state index in [0.717, 1.165) is 15.4 Å². The number of carbonyl (C=O) groups excluding carboxylic acids is 2. The number of amides is 2. The lowest BCUT2D eigenvalue weighted by Crippen LogP contribution is -2.56. The number of carbonyl (C=O) groups is 2. The highest BCUT2D eigenvalue weighted by molar-refractivity contribution is 7.92. The number of benzene rings is 4. The van der Waals surface area contributed by atoms with Gasteiger partial charge in [0.2, 0.25) is 11.8 Å². The third-order valence-electron chi connectivity index (χ3n) is 7.28. The molecule has 0 aromatic heterocycles. The van der Waals surface area contributed by atoms with E-state index in [1.54, 1.807) is 37.4 Å². The van der Waals surface area contributed by atoms with Crippen molar-refractivity contribution in [2.24, 2.45) is 0 Å². The van der Waals surface area contributed by atoms with Crippen LogP contribution < -0.4 is 14.4 Å². The molecule has 4 aromatic carbocycles. The van der Waals surface area contributed by atoms with E-state index < -0.39 is 34.1 Å². The third kappa shape index (κ3) is 9.73. The molecular weight excluding hydrogens is 657 g/mol. The first-order chi connectivity index (χ1) is 22.2. The summed E-state index contributed by atoms with van der Waals surface area (Å²) in [5.74, 6) is -0.410. The first kappa shape index (κ1) is 35.8. The second-order valence-electron chi connectivity index (χ2n) is 12.3. The molecule has 8 nitrogen and oxygen atoms in total. The zero-order valence-electron chi connectivity index (χ0n) is 27.0. The van der Waals surface area contributed by atoms with Crippen molar-refractivity contribution in [3.63, 3.8) is 0 Å². The molecule has 0 bridgehead atoms. The minimum absolute atomic E-state index is 0.000181. The maximum Gasteiger partial charge on any atom is 0.264 e. The maximum atomic E-state index is 14.6. The van der Waals surface area contributed by atoms with Gasteiger partial charge in [-0.15, -0.1) is 0 Å². The van der Waals surface area contributed by atoms with Gasteiger partial charge in [0.25, 0.3) is 10.0 Å². The Labute approximate surface area is 287 Å². The van der Waals surface area contributed by atoms with E-state index in [2.05, 4.69) is 5.32 Å². The molecule has 0 radical (unpaired) electrons. The van der Waals surface area contributed by atoms with E-state index in [-0.39, 0.29) is 39.5 Å². The molecule has 4 aromatic rings. The van der Waals surface area contributed by atoms with Crippen molar-refractivity contribution in [3.05, 3.63) is 124 Å². The van der Waals surface area contributed by atoms with Crippen molar-refractivity contribution in [1.82, 2.24) is 10.2 Å². The van der Waals surface area contributed by atoms with Gasteiger partial charge < -0.3 is 15.0 Å². The van der Waals surface area contributed by atoms with Gasteiger partial charge in [-0.05, 0) is 81.3 Å². The minimum Gasteiger partial charge on any atom is -0.497 e. The molecule has 0 aliphatic heterocycles. The van der Waals surface area contributed by atoms with E-state index in [1.165, 1.54) is 35.2 Å². The highest BCUT2D eigenvalue weighted by atomic mass is 35.5. The monoisotopic (exact) mass is 695 g/mol. The molecule has 4 rings (SSSR count). The molecule has 1 unspecified atom stereocenters. The topological polar surface area (TPSA) is 96.0 Å². The maximum absolute atomic E-state index is 14.6. The lowest BCUT2D eigenvalue weighted by Gasteiger charge is -2.35. The minimum atomic E-state index is -4.30. The van der Waals surface area contributed by atoms with Crippen molar-refractivity contribution < 1.29 is 22.7 Å². The van der Waals surface area contributed by atoms with E-state index in [0.29, 0.717) is 11.3 Å². The van der Waals surface area contributed by atoms with Gasteiger partial charge in [-0.25, -0.2) is 8.42 Å². The molecule has 1 atom stereocenters. The molecule has 0 aliphatic carbocycles. The number of nitrogens with one attached hydrogen (secondary N) is 1. The number of sulfonamides is 1. The fourth-order valence-corrected chi connectivity index (χ4v) is 6.94. The third-order valence-corrected chi connectivity index (χ3v) is 9.50. The zero-order chi connectivity index (χ0) is 34.4. The predicted octanol–water partition coefficient (Wildman–Crippen LogP) is 7.06. The molecular formula is C36H39Cl2N3O5S. The summed E-state index contributed by atoms with van der Waals surface area (Å²) in [7, 11) is -2.76. The molecule has 248 valence electrons. The van der Waals surface area contributed by atoms with Gasteiger partial charge in [-0.1, -0.05) is 83.4 Å². The molecule has 11 heteroatoms. The number of methoxy groups -OCH3 is 1. The Morgan fingerprint density at radius 2 is 1.47 bits per heavy atom. The van der Waals surface area contributed by atoms with Crippen molar-refractivity contribution in [2.45, 2.75) is 57.1 Å². The normalized spacial score (nSPS) is 12.2. The van der Waals surface area contributed by atoms with Gasteiger partial charge in [-0.2, -0.15) is 0 Å². The largest absolute Gasteiger partial charge is 0.497 e. The van der Waals surface area contributed by atoms with Gasteiger partial charge in [0, 0.05) is 28.5 Å². The second kappa shape index (κ2) is 15.2. The molecule has 2 amide bonds. The first-order valence-corrected chi connectivity index (χ1v) is 17.2. The van der Waals surface area contributed by atoms with Gasteiger partial charge in [-0.3, -0.25) is 13.9 Å². The van der Waals surface area contributed by atoms with Crippen LogP contribution in [0.4, 0.5) is 5.69 Å². The Hall–Kier alpha value is -4.05. The van der Waals surface area contributed by atoms with E-state index in [4.69, 9.17) is 27.9 Å². The summed E-state index contributed by atoms with van der Waals surface area (Å²) in [6, 6.07) is 26.2. The number of anilines is 1. The van der Waals surface area contributed by atoms with E-state index in [1.807, 2.05) is 64.1 Å². The second-order valence-corrected chi connectivity index (χ2v) is 15.0. The van der Waals surface area contributed by atoms with Crippen LogP contribution in [-0.2, 0) is 32.6 Å². The Bertz CT molecular complexity index is 1790. The van der Waals surface area contributed by atoms with Crippen LogP contribution in [0.5, 0.6) is 5.75 Å². The number of nitrogens with zero attached hydrogens (tertiary/aromatic N) is 2. The highest BCUT2D eigenvalue weighted by Crippen LogP contribution is 2.30. The Balaban J connectivity index is 1.85. The van der Waals surface area contributed by atoms with E-state index in [9.17, 15) is 18.0 Å². The SMILES string of the molecule is COc1cccc(CN(C(=O)CN(c2cc(Cl)cc(Cl)c2)S(=O)(=O)c2ccc(C)cc2)C(Cc2ccccc2)C(=O)NC(C)(C)C)c1. The number of hydrogen-bond acceptors (Lipinski definition) is 5. The van der Waals surface area contributed by atoms with Crippen LogP contribution in [0.2, 0.25) is 10.0 Å². The first-order valence-electron chi connectivity index (χ1n) is 15.0. The van der Waals surface area contributed by atoms with Crippen LogP contribution in [0, 0.1) is 6.92 Å². The Morgan fingerprint density at radius 1 is 0.851 bits per heavy atom. The Morgan fingerprint density at radius 3 is 2.06 bits per heavy atom. The zero-order valence-corrected chi connectivity index (χ0v) is 29.4. The number of ether oxygens (including phenoxy) is 1. The lowest BCUT2D eigenvalue weighted by molar-refractivity contribution is -0.140. The summed E-state index contributed by atoms with van der Waals surface area (Å²) in [5, 5.41) is 3.42. The van der Waals surface area contributed by atoms with Crippen LogP contribution in [0.1, 0.15) is 37.5 Å².